The third-order valence-corrected chi connectivity index (χ3v) is 3.05. The topological polar surface area (TPSA) is 75.4 Å². The molecular weight excluding hydrogens is 258 g/mol. The standard InChI is InChI=1S/C14H15N3O3/c1-9-12(8-16(2)15-9)13(18)17(3)11-6-4-10(5-7-11)14(19)20/h4-8H,1-3H3,(H,19,20). The van der Waals surface area contributed by atoms with Gasteiger partial charge in [-0.3, -0.25) is 9.48 Å². The maximum atomic E-state index is 12.4. The first kappa shape index (κ1) is 13.8. The predicted octanol–water partition coefficient (Wildman–Crippen LogP) is 1.70. The van der Waals surface area contributed by atoms with Gasteiger partial charge in [0, 0.05) is 26.0 Å². The van der Waals surface area contributed by atoms with Gasteiger partial charge in [0.15, 0.2) is 0 Å². The monoisotopic (exact) mass is 273 g/mol. The molecule has 0 saturated carbocycles. The molecule has 1 aromatic carbocycles. The molecule has 0 spiro atoms. The zero-order chi connectivity index (χ0) is 14.9. The highest BCUT2D eigenvalue weighted by atomic mass is 16.4. The maximum Gasteiger partial charge on any atom is 0.335 e. The lowest BCUT2D eigenvalue weighted by atomic mass is 10.2. The molecule has 0 atom stereocenters. The number of hydrogen-bond acceptors (Lipinski definition) is 3. The number of carboxylic acid groups (broad SMARTS) is 1. The van der Waals surface area contributed by atoms with Gasteiger partial charge >= 0.3 is 5.97 Å². The normalized spacial score (nSPS) is 10.3. The first-order chi connectivity index (χ1) is 9.40. The Morgan fingerprint density at radius 1 is 1.25 bits per heavy atom. The summed E-state index contributed by atoms with van der Waals surface area (Å²) in [6, 6.07) is 6.15. The van der Waals surface area contributed by atoms with E-state index in [0.29, 0.717) is 16.9 Å². The second-order valence-electron chi connectivity index (χ2n) is 4.52. The zero-order valence-corrected chi connectivity index (χ0v) is 11.5. The van der Waals surface area contributed by atoms with Gasteiger partial charge in [0.25, 0.3) is 5.91 Å². The van der Waals surface area contributed by atoms with Crippen LogP contribution in [0.3, 0.4) is 0 Å². The van der Waals surface area contributed by atoms with Crippen LogP contribution in [0.4, 0.5) is 5.69 Å². The molecule has 0 aliphatic rings. The van der Waals surface area contributed by atoms with Gasteiger partial charge in [-0.2, -0.15) is 5.10 Å². The van der Waals surface area contributed by atoms with Crippen LogP contribution in [0.2, 0.25) is 0 Å². The van der Waals surface area contributed by atoms with E-state index in [1.165, 1.54) is 17.0 Å². The van der Waals surface area contributed by atoms with Crippen LogP contribution >= 0.6 is 0 Å². The fourth-order valence-corrected chi connectivity index (χ4v) is 1.94. The second kappa shape index (κ2) is 5.16. The van der Waals surface area contributed by atoms with E-state index in [9.17, 15) is 9.59 Å². The molecule has 0 aliphatic heterocycles. The van der Waals surface area contributed by atoms with Crippen LogP contribution in [0.5, 0.6) is 0 Å². The van der Waals surface area contributed by atoms with Gasteiger partial charge < -0.3 is 10.0 Å². The summed E-state index contributed by atoms with van der Waals surface area (Å²) in [6.45, 7) is 1.77. The molecule has 0 radical (unpaired) electrons. The lowest BCUT2D eigenvalue weighted by Gasteiger charge is -2.17. The van der Waals surface area contributed by atoms with Gasteiger partial charge in [-0.15, -0.1) is 0 Å². The summed E-state index contributed by atoms with van der Waals surface area (Å²) in [4.78, 5) is 24.6. The summed E-state index contributed by atoms with van der Waals surface area (Å²) in [6.07, 6.45) is 1.67. The molecule has 0 aliphatic carbocycles. The highest BCUT2D eigenvalue weighted by Crippen LogP contribution is 2.17. The molecule has 1 heterocycles. The maximum absolute atomic E-state index is 12.4. The molecule has 2 rings (SSSR count). The zero-order valence-electron chi connectivity index (χ0n) is 11.5. The summed E-state index contributed by atoms with van der Waals surface area (Å²) in [5.41, 5.74) is 2.00. The number of amides is 1. The largest absolute Gasteiger partial charge is 0.478 e. The van der Waals surface area contributed by atoms with E-state index in [1.54, 1.807) is 44.0 Å². The average molecular weight is 273 g/mol. The van der Waals surface area contributed by atoms with Gasteiger partial charge in [0.05, 0.1) is 16.8 Å². The minimum atomic E-state index is -0.992. The lowest BCUT2D eigenvalue weighted by molar-refractivity contribution is 0.0696. The van der Waals surface area contributed by atoms with E-state index < -0.39 is 5.97 Å². The Bertz CT molecular complexity index is 659. The molecule has 0 unspecified atom stereocenters. The van der Waals surface area contributed by atoms with Crippen LogP contribution < -0.4 is 4.90 Å². The molecule has 6 heteroatoms. The number of benzene rings is 1. The van der Waals surface area contributed by atoms with Crippen molar-refractivity contribution in [2.75, 3.05) is 11.9 Å². The molecule has 0 fully saturated rings. The van der Waals surface area contributed by atoms with E-state index in [4.69, 9.17) is 5.11 Å². The summed E-state index contributed by atoms with van der Waals surface area (Å²) in [7, 11) is 3.40. The number of aromatic nitrogens is 2. The van der Waals surface area contributed by atoms with Crippen molar-refractivity contribution in [2.24, 2.45) is 7.05 Å². The van der Waals surface area contributed by atoms with Crippen molar-refractivity contribution in [3.8, 4) is 0 Å². The van der Waals surface area contributed by atoms with Crippen molar-refractivity contribution in [2.45, 2.75) is 6.92 Å². The number of aromatic carboxylic acids is 1. The van der Waals surface area contributed by atoms with E-state index in [-0.39, 0.29) is 11.5 Å². The van der Waals surface area contributed by atoms with Crippen molar-refractivity contribution >= 4 is 17.6 Å². The number of anilines is 1. The molecule has 20 heavy (non-hydrogen) atoms. The Balaban J connectivity index is 2.26. The highest BCUT2D eigenvalue weighted by molar-refractivity contribution is 6.06. The molecular formula is C14H15N3O3. The first-order valence-corrected chi connectivity index (χ1v) is 6.02. The van der Waals surface area contributed by atoms with Crippen LogP contribution in [-0.4, -0.2) is 33.8 Å². The minimum Gasteiger partial charge on any atom is -0.478 e. The quantitative estimate of drug-likeness (QED) is 0.923. The number of carboxylic acids is 1. The molecule has 0 saturated heterocycles. The first-order valence-electron chi connectivity index (χ1n) is 6.02. The molecule has 0 bridgehead atoms. The summed E-state index contributed by atoms with van der Waals surface area (Å²) < 4.78 is 1.59. The highest BCUT2D eigenvalue weighted by Gasteiger charge is 2.18. The smallest absolute Gasteiger partial charge is 0.335 e. The number of carbonyl (C=O) groups is 2. The molecule has 1 amide bonds. The van der Waals surface area contributed by atoms with Crippen LogP contribution in [0.25, 0.3) is 0 Å². The Hall–Kier alpha value is -2.63. The Kier molecular flexibility index (Phi) is 3.56. The van der Waals surface area contributed by atoms with Crippen LogP contribution in [0, 0.1) is 6.92 Å². The molecule has 2 aromatic rings. The fourth-order valence-electron chi connectivity index (χ4n) is 1.94. The Morgan fingerprint density at radius 3 is 2.30 bits per heavy atom. The fraction of sp³-hybridized carbons (Fsp3) is 0.214. The SMILES string of the molecule is Cc1nn(C)cc1C(=O)N(C)c1ccc(C(=O)O)cc1. The molecule has 1 aromatic heterocycles. The summed E-state index contributed by atoms with van der Waals surface area (Å²) in [5, 5.41) is 13.0. The summed E-state index contributed by atoms with van der Waals surface area (Å²) >= 11 is 0. The van der Waals surface area contributed by atoms with Gasteiger partial charge in [-0.1, -0.05) is 0 Å². The summed E-state index contributed by atoms with van der Waals surface area (Å²) in [5.74, 6) is -1.17. The van der Waals surface area contributed by atoms with E-state index in [1.807, 2.05) is 0 Å². The van der Waals surface area contributed by atoms with Gasteiger partial charge in [-0.25, -0.2) is 4.79 Å². The Morgan fingerprint density at radius 2 is 1.85 bits per heavy atom. The number of rotatable bonds is 3. The van der Waals surface area contributed by atoms with Crippen molar-refractivity contribution < 1.29 is 14.7 Å². The predicted molar refractivity (Wildman–Crippen MR) is 74.1 cm³/mol. The second-order valence-corrected chi connectivity index (χ2v) is 4.52. The average Bonchev–Trinajstić information content (AvgIpc) is 2.76. The van der Waals surface area contributed by atoms with Crippen molar-refractivity contribution in [1.29, 1.82) is 0 Å². The van der Waals surface area contributed by atoms with Crippen LogP contribution in [0.15, 0.2) is 30.5 Å². The van der Waals surface area contributed by atoms with Crippen molar-refractivity contribution in [3.05, 3.63) is 47.3 Å². The van der Waals surface area contributed by atoms with Gasteiger partial charge in [0.1, 0.15) is 0 Å². The van der Waals surface area contributed by atoms with E-state index >= 15 is 0 Å². The molecule has 6 nitrogen and oxygen atoms in total. The number of nitrogens with zero attached hydrogens (tertiary/aromatic N) is 3. The van der Waals surface area contributed by atoms with E-state index in [2.05, 4.69) is 5.10 Å². The van der Waals surface area contributed by atoms with Crippen molar-refractivity contribution in [1.82, 2.24) is 9.78 Å². The van der Waals surface area contributed by atoms with E-state index in [0.717, 1.165) is 0 Å². The number of hydrogen-bond donors (Lipinski definition) is 1. The lowest BCUT2D eigenvalue weighted by Crippen LogP contribution is -2.26. The van der Waals surface area contributed by atoms with Gasteiger partial charge in [0.2, 0.25) is 0 Å². The van der Waals surface area contributed by atoms with Crippen LogP contribution in [-0.2, 0) is 7.05 Å². The minimum absolute atomic E-state index is 0.182. The third-order valence-electron chi connectivity index (χ3n) is 3.05. The van der Waals surface area contributed by atoms with Gasteiger partial charge in [-0.05, 0) is 31.2 Å². The number of carbonyl (C=O) groups excluding carboxylic acids is 1. The third kappa shape index (κ3) is 2.54. The van der Waals surface area contributed by atoms with Crippen molar-refractivity contribution in [3.63, 3.8) is 0 Å². The molecule has 1 N–H and O–H groups in total. The number of aryl methyl sites for hydroxylation is 2. The molecule has 104 valence electrons. The Labute approximate surface area is 116 Å². The van der Waals surface area contributed by atoms with Crippen LogP contribution in [0.1, 0.15) is 26.4 Å².